The van der Waals surface area contributed by atoms with Crippen molar-refractivity contribution in [2.75, 3.05) is 6.61 Å². The molecule has 0 aliphatic heterocycles. The highest BCUT2D eigenvalue weighted by molar-refractivity contribution is 6.34. The summed E-state index contributed by atoms with van der Waals surface area (Å²) in [6, 6.07) is 3.85. The minimum Gasteiger partial charge on any atom is -0.493 e. The minimum absolute atomic E-state index is 0.506. The molecule has 0 unspecified atom stereocenters. The molecule has 2 nitrogen and oxygen atoms in total. The molecule has 0 spiro atoms. The first kappa shape index (κ1) is 13.1. The molecule has 3 heteroatoms. The van der Waals surface area contributed by atoms with E-state index in [1.54, 1.807) is 13.8 Å². The third-order valence-corrected chi connectivity index (χ3v) is 2.55. The molecule has 1 rings (SSSR count). The molecule has 0 bridgehead atoms. The Kier molecular flexibility index (Phi) is 4.03. The molecule has 1 aromatic rings. The van der Waals surface area contributed by atoms with Crippen LogP contribution in [-0.4, -0.2) is 25.2 Å². The number of aliphatic hydroxyl groups is 1. The van der Waals surface area contributed by atoms with Gasteiger partial charge in [-0.2, -0.15) is 0 Å². The maximum Gasteiger partial charge on any atom is 0.119 e. The summed E-state index contributed by atoms with van der Waals surface area (Å²) in [6.07, 6.45) is 0.607. The van der Waals surface area contributed by atoms with Crippen LogP contribution in [0.25, 0.3) is 0 Å². The topological polar surface area (TPSA) is 29.5 Å². The van der Waals surface area contributed by atoms with Gasteiger partial charge in [-0.25, -0.2) is 0 Å². The van der Waals surface area contributed by atoms with Crippen molar-refractivity contribution in [2.24, 2.45) is 0 Å². The van der Waals surface area contributed by atoms with Crippen molar-refractivity contribution in [1.29, 1.82) is 0 Å². The number of hydrogen-bond donors (Lipinski definition) is 1. The van der Waals surface area contributed by atoms with E-state index in [4.69, 9.17) is 12.6 Å². The first-order valence-electron chi connectivity index (χ1n) is 5.51. The maximum absolute atomic E-state index is 9.55. The van der Waals surface area contributed by atoms with E-state index in [0.29, 0.717) is 13.0 Å². The van der Waals surface area contributed by atoms with Gasteiger partial charge in [0.1, 0.15) is 13.6 Å². The van der Waals surface area contributed by atoms with Crippen molar-refractivity contribution in [1.82, 2.24) is 0 Å². The third-order valence-electron chi connectivity index (χ3n) is 2.55. The summed E-state index contributed by atoms with van der Waals surface area (Å²) in [7, 11) is 5.85. The van der Waals surface area contributed by atoms with Gasteiger partial charge in [0.15, 0.2) is 0 Å². The molecule has 0 amide bonds. The van der Waals surface area contributed by atoms with Crippen LogP contribution in [0.4, 0.5) is 0 Å². The number of rotatable bonds is 4. The summed E-state index contributed by atoms with van der Waals surface area (Å²) in [5.41, 5.74) is 2.18. The lowest BCUT2D eigenvalue weighted by Gasteiger charge is -2.17. The molecule has 0 fully saturated rings. The van der Waals surface area contributed by atoms with Gasteiger partial charge < -0.3 is 9.84 Å². The fourth-order valence-corrected chi connectivity index (χ4v) is 1.44. The fourth-order valence-electron chi connectivity index (χ4n) is 1.44. The van der Waals surface area contributed by atoms with E-state index in [-0.39, 0.29) is 0 Å². The largest absolute Gasteiger partial charge is 0.493 e. The van der Waals surface area contributed by atoms with E-state index in [0.717, 1.165) is 22.3 Å². The predicted octanol–water partition coefficient (Wildman–Crippen LogP) is 1.64. The standard InChI is InChI=1S/C13H19BO2/c1-9-7-11(8-10(2)12(9)14)16-6-5-13(3,4)15/h7-8,15H,5-6H2,1-4H3. The quantitative estimate of drug-likeness (QED) is 0.778. The second-order valence-electron chi connectivity index (χ2n) is 4.88. The first-order valence-corrected chi connectivity index (χ1v) is 5.51. The Hall–Kier alpha value is -0.955. The Bertz CT molecular complexity index is 344. The van der Waals surface area contributed by atoms with Gasteiger partial charge in [-0.3, -0.25) is 0 Å². The lowest BCUT2D eigenvalue weighted by molar-refractivity contribution is 0.0553. The van der Waals surface area contributed by atoms with Gasteiger partial charge >= 0.3 is 0 Å². The average Bonchev–Trinajstić information content (AvgIpc) is 2.12. The van der Waals surface area contributed by atoms with Crippen molar-refractivity contribution >= 4 is 13.3 Å². The first-order chi connectivity index (χ1) is 7.29. The molecule has 1 aromatic carbocycles. The Balaban J connectivity index is 2.62. The van der Waals surface area contributed by atoms with Crippen LogP contribution in [0.1, 0.15) is 31.4 Å². The molecule has 0 heterocycles. The Morgan fingerprint density at radius 2 is 1.75 bits per heavy atom. The van der Waals surface area contributed by atoms with Gasteiger partial charge in [-0.05, 0) is 39.8 Å². The van der Waals surface area contributed by atoms with Crippen molar-refractivity contribution in [3.63, 3.8) is 0 Å². The lowest BCUT2D eigenvalue weighted by Crippen LogP contribution is -2.22. The third kappa shape index (κ3) is 3.89. The van der Waals surface area contributed by atoms with Crippen LogP contribution in [0.5, 0.6) is 5.75 Å². The van der Waals surface area contributed by atoms with Crippen LogP contribution in [0.2, 0.25) is 0 Å². The predicted molar refractivity (Wildman–Crippen MR) is 67.7 cm³/mol. The highest BCUT2D eigenvalue weighted by Gasteiger charge is 2.12. The molecule has 0 aromatic heterocycles. The van der Waals surface area contributed by atoms with Crippen LogP contribution in [0, 0.1) is 13.8 Å². The van der Waals surface area contributed by atoms with Gasteiger partial charge in [0.2, 0.25) is 0 Å². The Labute approximate surface area is 99.0 Å². The highest BCUT2D eigenvalue weighted by atomic mass is 16.5. The molecule has 0 aliphatic rings. The fraction of sp³-hybridized carbons (Fsp3) is 0.538. The second-order valence-corrected chi connectivity index (χ2v) is 4.88. The van der Waals surface area contributed by atoms with Crippen molar-refractivity contribution in [2.45, 2.75) is 39.7 Å². The lowest BCUT2D eigenvalue weighted by atomic mass is 9.87. The van der Waals surface area contributed by atoms with Gasteiger partial charge in [-0.15, -0.1) is 0 Å². The molecule has 0 saturated carbocycles. The zero-order valence-electron chi connectivity index (χ0n) is 10.5. The number of ether oxygens (including phenoxy) is 1. The van der Waals surface area contributed by atoms with E-state index in [9.17, 15) is 5.11 Å². The molecule has 2 radical (unpaired) electrons. The van der Waals surface area contributed by atoms with Gasteiger partial charge in [0, 0.05) is 6.42 Å². The van der Waals surface area contributed by atoms with Crippen LogP contribution < -0.4 is 10.2 Å². The number of aryl methyl sites for hydroxylation is 2. The van der Waals surface area contributed by atoms with Crippen LogP contribution in [0.3, 0.4) is 0 Å². The van der Waals surface area contributed by atoms with E-state index in [1.165, 1.54) is 0 Å². The Morgan fingerprint density at radius 3 is 2.19 bits per heavy atom. The Morgan fingerprint density at radius 1 is 1.25 bits per heavy atom. The summed E-state index contributed by atoms with van der Waals surface area (Å²) in [6.45, 7) is 7.98. The summed E-state index contributed by atoms with van der Waals surface area (Å²) in [5.74, 6) is 0.813. The van der Waals surface area contributed by atoms with E-state index in [2.05, 4.69) is 0 Å². The van der Waals surface area contributed by atoms with Gasteiger partial charge in [-0.1, -0.05) is 16.6 Å². The summed E-state index contributed by atoms with van der Waals surface area (Å²) < 4.78 is 5.58. The SMILES string of the molecule is [B]c1c(C)cc(OCCC(C)(C)O)cc1C. The minimum atomic E-state index is -0.683. The molecule has 0 atom stereocenters. The second kappa shape index (κ2) is 4.92. The molecule has 0 saturated heterocycles. The molecule has 0 aliphatic carbocycles. The summed E-state index contributed by atoms with van der Waals surface area (Å²) in [4.78, 5) is 0. The zero-order chi connectivity index (χ0) is 12.3. The van der Waals surface area contributed by atoms with Crippen LogP contribution in [-0.2, 0) is 0 Å². The monoisotopic (exact) mass is 218 g/mol. The number of benzene rings is 1. The summed E-state index contributed by atoms with van der Waals surface area (Å²) in [5, 5.41) is 9.55. The summed E-state index contributed by atoms with van der Waals surface area (Å²) >= 11 is 0. The van der Waals surface area contributed by atoms with Crippen molar-refractivity contribution < 1.29 is 9.84 Å². The smallest absolute Gasteiger partial charge is 0.119 e. The van der Waals surface area contributed by atoms with Crippen LogP contribution in [0.15, 0.2) is 12.1 Å². The molecule has 16 heavy (non-hydrogen) atoms. The van der Waals surface area contributed by atoms with Crippen molar-refractivity contribution in [3.05, 3.63) is 23.3 Å². The molecule has 1 N–H and O–H groups in total. The van der Waals surface area contributed by atoms with Crippen molar-refractivity contribution in [3.8, 4) is 5.75 Å². The van der Waals surface area contributed by atoms with Gasteiger partial charge in [0.25, 0.3) is 0 Å². The molecular formula is C13H19BO2. The number of hydrogen-bond acceptors (Lipinski definition) is 2. The molecule has 86 valence electrons. The van der Waals surface area contributed by atoms with Crippen LogP contribution >= 0.6 is 0 Å². The van der Waals surface area contributed by atoms with E-state index in [1.807, 2.05) is 26.0 Å². The van der Waals surface area contributed by atoms with E-state index >= 15 is 0 Å². The molecular weight excluding hydrogens is 199 g/mol. The van der Waals surface area contributed by atoms with E-state index < -0.39 is 5.60 Å². The zero-order valence-corrected chi connectivity index (χ0v) is 10.5. The maximum atomic E-state index is 9.55. The average molecular weight is 218 g/mol. The van der Waals surface area contributed by atoms with Gasteiger partial charge in [0.05, 0.1) is 12.2 Å². The highest BCUT2D eigenvalue weighted by Crippen LogP contribution is 2.16. The normalized spacial score (nSPS) is 11.6.